The maximum absolute atomic E-state index is 12.4. The Morgan fingerprint density at radius 1 is 1.32 bits per heavy atom. The van der Waals surface area contributed by atoms with Crippen LogP contribution in [0.2, 0.25) is 0 Å². The van der Waals surface area contributed by atoms with Crippen LogP contribution < -0.4 is 10.6 Å². The summed E-state index contributed by atoms with van der Waals surface area (Å²) in [5.41, 5.74) is 5.98. The van der Waals surface area contributed by atoms with E-state index < -0.39 is 0 Å². The minimum Gasteiger partial charge on any atom is -0.396 e. The minimum atomic E-state index is -0.177. The molecule has 6 heteroatoms. The SMILES string of the molecule is CNC(=O)c1c(C)[nH]c(/C=C2\C(=O)Nc3ccc(CCO)cc32)c1C. The fourth-order valence-electron chi connectivity index (χ4n) is 3.19. The van der Waals surface area contributed by atoms with Gasteiger partial charge in [-0.1, -0.05) is 6.07 Å². The molecular weight excluding hydrogens is 318 g/mol. The van der Waals surface area contributed by atoms with Crippen LogP contribution in [0.1, 0.15) is 38.4 Å². The number of amides is 2. The molecule has 0 atom stereocenters. The molecule has 1 aliphatic heterocycles. The maximum Gasteiger partial charge on any atom is 0.256 e. The number of nitrogens with one attached hydrogen (secondary N) is 3. The van der Waals surface area contributed by atoms with Crippen LogP contribution in [0.5, 0.6) is 0 Å². The number of aliphatic hydroxyl groups excluding tert-OH is 1. The number of hydrogen-bond acceptors (Lipinski definition) is 3. The van der Waals surface area contributed by atoms with E-state index in [2.05, 4.69) is 15.6 Å². The van der Waals surface area contributed by atoms with Crippen molar-refractivity contribution in [3.05, 3.63) is 51.8 Å². The number of carbonyl (C=O) groups excluding carboxylic acids is 2. The minimum absolute atomic E-state index is 0.0592. The molecule has 3 rings (SSSR count). The van der Waals surface area contributed by atoms with Gasteiger partial charge in [0.05, 0.1) is 11.1 Å². The number of H-pyrrole nitrogens is 1. The Balaban J connectivity index is 2.08. The monoisotopic (exact) mass is 339 g/mol. The van der Waals surface area contributed by atoms with Gasteiger partial charge in [0.2, 0.25) is 0 Å². The number of aromatic nitrogens is 1. The van der Waals surface area contributed by atoms with Gasteiger partial charge in [0.25, 0.3) is 11.8 Å². The van der Waals surface area contributed by atoms with Gasteiger partial charge in [-0.05, 0) is 49.6 Å². The quantitative estimate of drug-likeness (QED) is 0.642. The highest BCUT2D eigenvalue weighted by Gasteiger charge is 2.25. The first-order chi connectivity index (χ1) is 12.0. The van der Waals surface area contributed by atoms with E-state index in [0.29, 0.717) is 17.6 Å². The molecule has 0 radical (unpaired) electrons. The third-order valence-electron chi connectivity index (χ3n) is 4.49. The van der Waals surface area contributed by atoms with Gasteiger partial charge in [0.15, 0.2) is 0 Å². The molecule has 0 spiro atoms. The van der Waals surface area contributed by atoms with Crippen molar-refractivity contribution >= 4 is 29.2 Å². The lowest BCUT2D eigenvalue weighted by atomic mass is 10.0. The topological polar surface area (TPSA) is 94.2 Å². The third kappa shape index (κ3) is 2.96. The van der Waals surface area contributed by atoms with Gasteiger partial charge in [-0.2, -0.15) is 0 Å². The molecule has 0 bridgehead atoms. The zero-order valence-corrected chi connectivity index (χ0v) is 14.5. The highest BCUT2D eigenvalue weighted by molar-refractivity contribution is 6.35. The predicted octanol–water partition coefficient (Wildman–Crippen LogP) is 2.02. The summed E-state index contributed by atoms with van der Waals surface area (Å²) in [5, 5.41) is 14.6. The molecule has 0 fully saturated rings. The van der Waals surface area contributed by atoms with Crippen LogP contribution in [0.3, 0.4) is 0 Å². The molecule has 0 unspecified atom stereocenters. The molecule has 1 aliphatic rings. The lowest BCUT2D eigenvalue weighted by Gasteiger charge is -2.03. The summed E-state index contributed by atoms with van der Waals surface area (Å²) in [6, 6.07) is 5.66. The Bertz CT molecular complexity index is 894. The maximum atomic E-state index is 12.4. The average molecular weight is 339 g/mol. The molecule has 0 saturated heterocycles. The lowest BCUT2D eigenvalue weighted by molar-refractivity contribution is -0.110. The van der Waals surface area contributed by atoms with Crippen LogP contribution in [0.4, 0.5) is 5.69 Å². The summed E-state index contributed by atoms with van der Waals surface area (Å²) in [6.45, 7) is 3.75. The first-order valence-corrected chi connectivity index (χ1v) is 8.14. The van der Waals surface area contributed by atoms with Crippen molar-refractivity contribution in [2.24, 2.45) is 0 Å². The number of benzene rings is 1. The molecule has 130 valence electrons. The first-order valence-electron chi connectivity index (χ1n) is 8.14. The van der Waals surface area contributed by atoms with Crippen molar-refractivity contribution in [2.45, 2.75) is 20.3 Å². The summed E-state index contributed by atoms with van der Waals surface area (Å²) in [7, 11) is 1.59. The number of rotatable bonds is 4. The van der Waals surface area contributed by atoms with Crippen molar-refractivity contribution in [1.82, 2.24) is 10.3 Å². The van der Waals surface area contributed by atoms with Crippen molar-refractivity contribution in [1.29, 1.82) is 0 Å². The lowest BCUT2D eigenvalue weighted by Crippen LogP contribution is -2.19. The fourth-order valence-corrected chi connectivity index (χ4v) is 3.19. The van der Waals surface area contributed by atoms with E-state index in [9.17, 15) is 9.59 Å². The van der Waals surface area contributed by atoms with E-state index in [0.717, 1.165) is 33.8 Å². The van der Waals surface area contributed by atoms with Gasteiger partial charge in [0.1, 0.15) is 0 Å². The molecule has 1 aromatic heterocycles. The highest BCUT2D eigenvalue weighted by Crippen LogP contribution is 2.34. The van der Waals surface area contributed by atoms with Crippen molar-refractivity contribution in [3.8, 4) is 0 Å². The standard InChI is InChI=1S/C19H21N3O3/c1-10-16(21-11(2)17(10)19(25)20-3)9-14-13-8-12(6-7-23)4-5-15(13)22-18(14)24/h4-5,8-9,21,23H,6-7H2,1-3H3,(H,20,25)(H,22,24)/b14-9-. The van der Waals surface area contributed by atoms with Gasteiger partial charge >= 0.3 is 0 Å². The van der Waals surface area contributed by atoms with Gasteiger partial charge in [0, 0.05) is 36.3 Å². The zero-order chi connectivity index (χ0) is 18.1. The van der Waals surface area contributed by atoms with Crippen LogP contribution in [0, 0.1) is 13.8 Å². The summed E-state index contributed by atoms with van der Waals surface area (Å²) >= 11 is 0. The molecule has 2 amide bonds. The molecule has 4 N–H and O–H groups in total. The largest absolute Gasteiger partial charge is 0.396 e. The van der Waals surface area contributed by atoms with Crippen LogP contribution in [-0.2, 0) is 11.2 Å². The first kappa shape index (κ1) is 17.0. The number of hydrogen-bond donors (Lipinski definition) is 4. The molecule has 0 saturated carbocycles. The van der Waals surface area contributed by atoms with E-state index >= 15 is 0 Å². The van der Waals surface area contributed by atoms with Gasteiger partial charge in [-0.15, -0.1) is 0 Å². The number of fused-ring (bicyclic) bond motifs is 1. The Labute approximate surface area is 146 Å². The second kappa shape index (κ2) is 6.57. The average Bonchev–Trinajstić information content (AvgIpc) is 3.04. The Morgan fingerprint density at radius 3 is 2.76 bits per heavy atom. The number of aliphatic hydroxyl groups is 1. The second-order valence-electron chi connectivity index (χ2n) is 6.11. The normalized spacial score (nSPS) is 14.6. The van der Waals surface area contributed by atoms with E-state index in [-0.39, 0.29) is 18.4 Å². The van der Waals surface area contributed by atoms with Gasteiger partial charge in [-0.25, -0.2) is 0 Å². The second-order valence-corrected chi connectivity index (χ2v) is 6.11. The van der Waals surface area contributed by atoms with Crippen LogP contribution in [0.25, 0.3) is 11.6 Å². The van der Waals surface area contributed by atoms with Crippen molar-refractivity contribution < 1.29 is 14.7 Å². The van der Waals surface area contributed by atoms with E-state index in [4.69, 9.17) is 5.11 Å². The smallest absolute Gasteiger partial charge is 0.256 e. The summed E-state index contributed by atoms with van der Waals surface area (Å²) in [5.74, 6) is -0.332. The Hall–Kier alpha value is -2.86. The molecule has 25 heavy (non-hydrogen) atoms. The van der Waals surface area contributed by atoms with E-state index in [1.165, 1.54) is 0 Å². The number of aryl methyl sites for hydroxylation is 1. The molecule has 2 heterocycles. The van der Waals surface area contributed by atoms with Crippen LogP contribution in [0.15, 0.2) is 18.2 Å². The molecule has 0 aliphatic carbocycles. The van der Waals surface area contributed by atoms with E-state index in [1.807, 2.05) is 32.0 Å². The number of aromatic amines is 1. The molecular formula is C19H21N3O3. The van der Waals surface area contributed by atoms with Crippen LogP contribution in [-0.4, -0.2) is 35.6 Å². The molecule has 6 nitrogen and oxygen atoms in total. The van der Waals surface area contributed by atoms with Crippen molar-refractivity contribution in [3.63, 3.8) is 0 Å². The predicted molar refractivity (Wildman–Crippen MR) is 97.4 cm³/mol. The third-order valence-corrected chi connectivity index (χ3v) is 4.49. The zero-order valence-electron chi connectivity index (χ0n) is 14.5. The fraction of sp³-hybridized carbons (Fsp3) is 0.263. The Kier molecular flexibility index (Phi) is 4.46. The van der Waals surface area contributed by atoms with Gasteiger partial charge in [-0.3, -0.25) is 9.59 Å². The van der Waals surface area contributed by atoms with E-state index in [1.54, 1.807) is 13.1 Å². The highest BCUT2D eigenvalue weighted by atomic mass is 16.3. The van der Waals surface area contributed by atoms with Crippen LogP contribution >= 0.6 is 0 Å². The van der Waals surface area contributed by atoms with Crippen molar-refractivity contribution in [2.75, 3.05) is 19.0 Å². The number of anilines is 1. The molecule has 1 aromatic carbocycles. The Morgan fingerprint density at radius 2 is 2.08 bits per heavy atom. The summed E-state index contributed by atoms with van der Waals surface area (Å²) in [4.78, 5) is 27.6. The summed E-state index contributed by atoms with van der Waals surface area (Å²) < 4.78 is 0. The van der Waals surface area contributed by atoms with Gasteiger partial charge < -0.3 is 20.7 Å². The molecule has 2 aromatic rings. The number of carbonyl (C=O) groups is 2. The summed E-state index contributed by atoms with van der Waals surface area (Å²) in [6.07, 6.45) is 2.31.